The van der Waals surface area contributed by atoms with Crippen molar-refractivity contribution in [3.63, 3.8) is 0 Å². The molecule has 0 saturated heterocycles. The summed E-state index contributed by atoms with van der Waals surface area (Å²) in [6.45, 7) is 0.749. The maximum atomic E-state index is 13.1. The standard InChI is InChI=1S/C18H16F2N6OS/c1-10-14(15-21-7-8-25(15)17(19)20)28-18(23-10)24-16(27)11(2)26-9-22-12-5-3-4-6-13(12)26/h3-9,11,17H,1-2H3,(H,23,24,27)/t11-/m0/s1. The van der Waals surface area contributed by atoms with Crippen LogP contribution in [0.15, 0.2) is 43.0 Å². The van der Waals surface area contributed by atoms with Crippen molar-refractivity contribution in [3.05, 3.63) is 48.7 Å². The van der Waals surface area contributed by atoms with E-state index in [0.29, 0.717) is 15.7 Å². The number of aryl methyl sites for hydroxylation is 1. The van der Waals surface area contributed by atoms with Gasteiger partial charge in [0, 0.05) is 12.4 Å². The van der Waals surface area contributed by atoms with Crippen molar-refractivity contribution >= 4 is 33.4 Å². The highest BCUT2D eigenvalue weighted by molar-refractivity contribution is 7.19. The zero-order valence-corrected chi connectivity index (χ0v) is 15.8. The molecule has 0 aliphatic carbocycles. The number of carbonyl (C=O) groups is 1. The zero-order chi connectivity index (χ0) is 19.8. The number of imidazole rings is 2. The number of alkyl halides is 2. The van der Waals surface area contributed by atoms with E-state index in [1.165, 1.54) is 12.4 Å². The van der Waals surface area contributed by atoms with E-state index >= 15 is 0 Å². The van der Waals surface area contributed by atoms with Crippen molar-refractivity contribution < 1.29 is 13.6 Å². The Balaban J connectivity index is 1.58. The second kappa shape index (κ2) is 7.12. The fourth-order valence-corrected chi connectivity index (χ4v) is 3.90. The van der Waals surface area contributed by atoms with Gasteiger partial charge in [0.05, 0.1) is 27.9 Å². The molecule has 0 fully saturated rings. The summed E-state index contributed by atoms with van der Waals surface area (Å²) in [6.07, 6.45) is 4.14. The van der Waals surface area contributed by atoms with E-state index in [-0.39, 0.29) is 11.7 Å². The molecular formula is C18H16F2N6OS. The van der Waals surface area contributed by atoms with Crippen molar-refractivity contribution in [1.29, 1.82) is 0 Å². The van der Waals surface area contributed by atoms with Gasteiger partial charge in [0.1, 0.15) is 6.04 Å². The first kappa shape index (κ1) is 18.2. The molecule has 3 aromatic heterocycles. The summed E-state index contributed by atoms with van der Waals surface area (Å²) < 4.78 is 28.8. The third-order valence-corrected chi connectivity index (χ3v) is 5.46. The van der Waals surface area contributed by atoms with Gasteiger partial charge >= 0.3 is 6.55 Å². The summed E-state index contributed by atoms with van der Waals surface area (Å²) in [5, 5.41) is 3.09. The van der Waals surface area contributed by atoms with Gasteiger partial charge in [-0.05, 0) is 26.0 Å². The minimum Gasteiger partial charge on any atom is -0.318 e. The van der Waals surface area contributed by atoms with Crippen LogP contribution in [0.3, 0.4) is 0 Å². The van der Waals surface area contributed by atoms with E-state index in [4.69, 9.17) is 0 Å². The van der Waals surface area contributed by atoms with Crippen LogP contribution in [-0.2, 0) is 4.79 Å². The minimum absolute atomic E-state index is 0.124. The molecule has 3 heterocycles. The topological polar surface area (TPSA) is 77.6 Å². The molecular weight excluding hydrogens is 386 g/mol. The molecule has 0 bridgehead atoms. The Morgan fingerprint density at radius 3 is 2.79 bits per heavy atom. The van der Waals surface area contributed by atoms with Crippen molar-refractivity contribution in [3.8, 4) is 10.7 Å². The lowest BCUT2D eigenvalue weighted by Gasteiger charge is -2.13. The van der Waals surface area contributed by atoms with Gasteiger partial charge < -0.3 is 9.88 Å². The quantitative estimate of drug-likeness (QED) is 0.541. The number of nitrogens with one attached hydrogen (secondary N) is 1. The number of carbonyl (C=O) groups excluding carboxylic acids is 1. The largest absolute Gasteiger partial charge is 0.320 e. The fourth-order valence-electron chi connectivity index (χ4n) is 2.93. The van der Waals surface area contributed by atoms with Crippen molar-refractivity contribution in [2.24, 2.45) is 0 Å². The molecule has 1 amide bonds. The van der Waals surface area contributed by atoms with E-state index in [1.807, 2.05) is 24.3 Å². The first-order chi connectivity index (χ1) is 13.5. The molecule has 4 aromatic rings. The van der Waals surface area contributed by atoms with Gasteiger partial charge in [0.25, 0.3) is 0 Å². The smallest absolute Gasteiger partial charge is 0.318 e. The van der Waals surface area contributed by atoms with Crippen LogP contribution in [0.4, 0.5) is 13.9 Å². The molecule has 4 rings (SSSR count). The van der Waals surface area contributed by atoms with E-state index < -0.39 is 12.6 Å². The number of hydrogen-bond donors (Lipinski definition) is 1. The molecule has 10 heteroatoms. The highest BCUT2D eigenvalue weighted by Crippen LogP contribution is 2.33. The van der Waals surface area contributed by atoms with E-state index in [2.05, 4.69) is 20.3 Å². The van der Waals surface area contributed by atoms with Crippen LogP contribution in [-0.4, -0.2) is 30.0 Å². The van der Waals surface area contributed by atoms with Crippen LogP contribution in [0.25, 0.3) is 21.7 Å². The molecule has 0 aliphatic rings. The number of thiazole rings is 1. The Bertz CT molecular complexity index is 1150. The SMILES string of the molecule is Cc1nc(NC(=O)[C@H](C)n2cnc3ccccc32)sc1-c1nccn1C(F)F. The van der Waals surface area contributed by atoms with E-state index in [1.54, 1.807) is 24.7 Å². The zero-order valence-electron chi connectivity index (χ0n) is 15.0. The first-order valence-electron chi connectivity index (χ1n) is 8.47. The number of rotatable bonds is 5. The molecule has 28 heavy (non-hydrogen) atoms. The minimum atomic E-state index is -2.70. The van der Waals surface area contributed by atoms with Crippen LogP contribution in [0, 0.1) is 6.92 Å². The number of benzene rings is 1. The van der Waals surface area contributed by atoms with Crippen molar-refractivity contribution in [2.75, 3.05) is 5.32 Å². The van der Waals surface area contributed by atoms with E-state index in [0.717, 1.165) is 26.9 Å². The van der Waals surface area contributed by atoms with Gasteiger partial charge in [-0.3, -0.25) is 9.36 Å². The van der Waals surface area contributed by atoms with Gasteiger partial charge in [-0.15, -0.1) is 0 Å². The van der Waals surface area contributed by atoms with Gasteiger partial charge in [0.2, 0.25) is 5.91 Å². The Morgan fingerprint density at radius 2 is 2.00 bits per heavy atom. The lowest BCUT2D eigenvalue weighted by Crippen LogP contribution is -2.23. The molecule has 144 valence electrons. The van der Waals surface area contributed by atoms with Crippen LogP contribution in [0.2, 0.25) is 0 Å². The molecule has 0 unspecified atom stereocenters. The molecule has 0 spiro atoms. The summed E-state index contributed by atoms with van der Waals surface area (Å²) >= 11 is 1.11. The summed E-state index contributed by atoms with van der Waals surface area (Å²) in [5.41, 5.74) is 2.17. The second-order valence-electron chi connectivity index (χ2n) is 6.18. The van der Waals surface area contributed by atoms with Gasteiger partial charge in [-0.25, -0.2) is 15.0 Å². The molecule has 7 nitrogen and oxygen atoms in total. The Labute approximate surface area is 162 Å². The van der Waals surface area contributed by atoms with Crippen LogP contribution < -0.4 is 5.32 Å². The number of aromatic nitrogens is 5. The maximum Gasteiger partial charge on any atom is 0.320 e. The third-order valence-electron chi connectivity index (χ3n) is 4.39. The lowest BCUT2D eigenvalue weighted by molar-refractivity contribution is -0.118. The number of hydrogen-bond acceptors (Lipinski definition) is 5. The molecule has 0 radical (unpaired) electrons. The number of halogens is 2. The van der Waals surface area contributed by atoms with Crippen molar-refractivity contribution in [2.45, 2.75) is 26.4 Å². The lowest BCUT2D eigenvalue weighted by atomic mass is 10.2. The van der Waals surface area contributed by atoms with Gasteiger partial charge in [-0.2, -0.15) is 8.78 Å². The predicted octanol–water partition coefficient (Wildman–Crippen LogP) is 4.26. The highest BCUT2D eigenvalue weighted by atomic mass is 32.1. The summed E-state index contributed by atoms with van der Waals surface area (Å²) in [7, 11) is 0. The number of amides is 1. The molecule has 1 N–H and O–H groups in total. The van der Waals surface area contributed by atoms with Crippen LogP contribution in [0.1, 0.15) is 25.2 Å². The van der Waals surface area contributed by atoms with Gasteiger partial charge in [-0.1, -0.05) is 23.5 Å². The number of anilines is 1. The Kier molecular flexibility index (Phi) is 4.63. The normalized spacial score (nSPS) is 12.6. The van der Waals surface area contributed by atoms with Crippen LogP contribution in [0.5, 0.6) is 0 Å². The Hall–Kier alpha value is -3.14. The summed E-state index contributed by atoms with van der Waals surface area (Å²) in [4.78, 5) is 25.8. The average Bonchev–Trinajstić information content (AvgIpc) is 3.38. The summed E-state index contributed by atoms with van der Waals surface area (Å²) in [6, 6.07) is 7.00. The Morgan fingerprint density at radius 1 is 1.21 bits per heavy atom. The van der Waals surface area contributed by atoms with Crippen molar-refractivity contribution in [1.82, 2.24) is 24.1 Å². The predicted molar refractivity (Wildman–Crippen MR) is 102 cm³/mol. The van der Waals surface area contributed by atoms with Gasteiger partial charge in [0.15, 0.2) is 11.0 Å². The number of para-hydroxylation sites is 2. The summed E-state index contributed by atoms with van der Waals surface area (Å²) in [5.74, 6) is -0.153. The fraction of sp³-hybridized carbons (Fsp3) is 0.222. The first-order valence-corrected chi connectivity index (χ1v) is 9.28. The maximum absolute atomic E-state index is 13.1. The van der Waals surface area contributed by atoms with Crippen LogP contribution >= 0.6 is 11.3 Å². The third kappa shape index (κ3) is 3.15. The molecule has 0 aliphatic heterocycles. The molecule has 0 saturated carbocycles. The molecule has 1 aromatic carbocycles. The second-order valence-corrected chi connectivity index (χ2v) is 7.17. The highest BCUT2D eigenvalue weighted by Gasteiger charge is 2.22. The van der Waals surface area contributed by atoms with E-state index in [9.17, 15) is 13.6 Å². The molecule has 1 atom stereocenters. The average molecular weight is 402 g/mol. The monoisotopic (exact) mass is 402 g/mol. The number of fused-ring (bicyclic) bond motifs is 1. The number of nitrogens with zero attached hydrogens (tertiary/aromatic N) is 5.